The van der Waals surface area contributed by atoms with E-state index in [1.807, 2.05) is 0 Å². The normalized spacial score (nSPS) is 13.8. The van der Waals surface area contributed by atoms with Crippen molar-refractivity contribution in [3.05, 3.63) is 0 Å². The molecule has 13 heavy (non-hydrogen) atoms. The maximum atomic E-state index is 10.6. The number of aliphatic hydroxyl groups is 2. The number of hydrogen-bond donors (Lipinski definition) is 4. The molecule has 0 saturated carbocycles. The van der Waals surface area contributed by atoms with Crippen molar-refractivity contribution in [3.63, 3.8) is 0 Å². The van der Waals surface area contributed by atoms with Crippen LogP contribution in [-0.2, 0) is 9.59 Å². The van der Waals surface area contributed by atoms with E-state index in [1.165, 1.54) is 6.92 Å². The molecular weight excluding hydrogens is 180 g/mol. The van der Waals surface area contributed by atoms with E-state index < -0.39 is 30.1 Å². The van der Waals surface area contributed by atoms with Crippen LogP contribution in [0.3, 0.4) is 0 Å². The maximum Gasteiger partial charge on any atom is 0.326 e. The van der Waals surface area contributed by atoms with Gasteiger partial charge in [-0.15, -0.1) is 0 Å². The summed E-state index contributed by atoms with van der Waals surface area (Å²) >= 11 is 0. The van der Waals surface area contributed by atoms with E-state index in [4.69, 9.17) is 15.3 Å². The Morgan fingerprint density at radius 2 is 1.69 bits per heavy atom. The van der Waals surface area contributed by atoms with Crippen molar-refractivity contribution in [2.24, 2.45) is 5.41 Å². The van der Waals surface area contributed by atoms with Crippen molar-refractivity contribution in [2.75, 3.05) is 6.61 Å². The summed E-state index contributed by atoms with van der Waals surface area (Å²) in [6, 6.07) is 0. The van der Waals surface area contributed by atoms with E-state index >= 15 is 0 Å². The Kier molecular flexibility index (Phi) is 3.83. The van der Waals surface area contributed by atoms with Gasteiger partial charge in [-0.3, -0.25) is 9.59 Å². The molecule has 0 aromatic heterocycles. The summed E-state index contributed by atoms with van der Waals surface area (Å²) in [4.78, 5) is 21.2. The van der Waals surface area contributed by atoms with Gasteiger partial charge < -0.3 is 20.4 Å². The fraction of sp³-hybridized carbons (Fsp3) is 0.714. The first-order valence-electron chi connectivity index (χ1n) is 3.69. The standard InChI is InChI=1S/C7H12O6/c1-2-4(9)7(3-8,5(10)11)6(12)13/h4,8-9H,2-3H2,1H3,(H,10,11)(H,12,13). The third-order valence-electron chi connectivity index (χ3n) is 1.97. The SMILES string of the molecule is CCC(O)C(CO)(C(=O)O)C(=O)O. The van der Waals surface area contributed by atoms with Crippen LogP contribution in [0.4, 0.5) is 0 Å². The molecule has 4 N–H and O–H groups in total. The number of carboxylic acids is 2. The van der Waals surface area contributed by atoms with Gasteiger partial charge in [0.1, 0.15) is 0 Å². The van der Waals surface area contributed by atoms with Gasteiger partial charge in [0.2, 0.25) is 5.41 Å². The van der Waals surface area contributed by atoms with E-state index in [9.17, 15) is 14.7 Å². The van der Waals surface area contributed by atoms with Gasteiger partial charge >= 0.3 is 11.9 Å². The number of carboxylic acid groups (broad SMARTS) is 2. The third kappa shape index (κ3) is 1.78. The summed E-state index contributed by atoms with van der Waals surface area (Å²) in [7, 11) is 0. The number of hydrogen-bond acceptors (Lipinski definition) is 4. The van der Waals surface area contributed by atoms with Crippen LogP contribution in [0.5, 0.6) is 0 Å². The fourth-order valence-electron chi connectivity index (χ4n) is 0.966. The van der Waals surface area contributed by atoms with Crippen LogP contribution in [-0.4, -0.2) is 45.1 Å². The lowest BCUT2D eigenvalue weighted by Crippen LogP contribution is -2.51. The molecule has 0 aromatic rings. The molecule has 0 radical (unpaired) electrons. The fourth-order valence-corrected chi connectivity index (χ4v) is 0.966. The highest BCUT2D eigenvalue weighted by Gasteiger charge is 2.51. The second-order valence-corrected chi connectivity index (χ2v) is 2.66. The second kappa shape index (κ2) is 4.20. The Hall–Kier alpha value is -1.14. The smallest absolute Gasteiger partial charge is 0.326 e. The first kappa shape index (κ1) is 11.9. The molecule has 0 aliphatic rings. The first-order chi connectivity index (χ1) is 5.93. The molecule has 0 aliphatic carbocycles. The quantitative estimate of drug-likeness (QED) is 0.411. The predicted octanol–water partition coefficient (Wildman–Crippen LogP) is -1.09. The molecule has 1 atom stereocenters. The van der Waals surface area contributed by atoms with Gasteiger partial charge in [-0.25, -0.2) is 0 Å². The van der Waals surface area contributed by atoms with Gasteiger partial charge in [0.05, 0.1) is 12.7 Å². The topological polar surface area (TPSA) is 115 Å². The first-order valence-corrected chi connectivity index (χ1v) is 3.69. The minimum atomic E-state index is -2.51. The van der Waals surface area contributed by atoms with E-state index in [0.29, 0.717) is 0 Å². The summed E-state index contributed by atoms with van der Waals surface area (Å²) < 4.78 is 0. The van der Waals surface area contributed by atoms with Gasteiger partial charge in [-0.2, -0.15) is 0 Å². The van der Waals surface area contributed by atoms with Gasteiger partial charge in [-0.05, 0) is 6.42 Å². The molecule has 1 unspecified atom stereocenters. The van der Waals surface area contributed by atoms with Crippen molar-refractivity contribution in [1.29, 1.82) is 0 Å². The van der Waals surface area contributed by atoms with Crippen LogP contribution < -0.4 is 0 Å². The van der Waals surface area contributed by atoms with Crippen LogP contribution in [0.2, 0.25) is 0 Å². The predicted molar refractivity (Wildman–Crippen MR) is 41.1 cm³/mol. The Balaban J connectivity index is 5.10. The van der Waals surface area contributed by atoms with Crippen molar-refractivity contribution in [3.8, 4) is 0 Å². The molecule has 6 heteroatoms. The van der Waals surface area contributed by atoms with Gasteiger partial charge in [0.15, 0.2) is 0 Å². The molecule has 76 valence electrons. The molecule has 0 bridgehead atoms. The highest BCUT2D eigenvalue weighted by atomic mass is 16.4. The molecule has 6 nitrogen and oxygen atoms in total. The molecule has 0 aromatic carbocycles. The highest BCUT2D eigenvalue weighted by Crippen LogP contribution is 2.24. The van der Waals surface area contributed by atoms with Gasteiger partial charge in [0, 0.05) is 0 Å². The van der Waals surface area contributed by atoms with Crippen molar-refractivity contribution in [2.45, 2.75) is 19.4 Å². The Bertz CT molecular complexity index is 197. The number of aliphatic hydroxyl groups excluding tert-OH is 2. The third-order valence-corrected chi connectivity index (χ3v) is 1.97. The van der Waals surface area contributed by atoms with Gasteiger partial charge in [0.25, 0.3) is 0 Å². The monoisotopic (exact) mass is 192 g/mol. The average molecular weight is 192 g/mol. The lowest BCUT2D eigenvalue weighted by Gasteiger charge is -2.26. The van der Waals surface area contributed by atoms with Crippen molar-refractivity contribution in [1.82, 2.24) is 0 Å². The van der Waals surface area contributed by atoms with Crippen molar-refractivity contribution >= 4 is 11.9 Å². The minimum Gasteiger partial charge on any atom is -0.480 e. The molecule has 0 spiro atoms. The van der Waals surface area contributed by atoms with E-state index in [0.717, 1.165) is 0 Å². The maximum absolute atomic E-state index is 10.6. The molecule has 0 fully saturated rings. The number of aliphatic carboxylic acids is 2. The summed E-state index contributed by atoms with van der Waals surface area (Å²) in [6.45, 7) is 0.299. The summed E-state index contributed by atoms with van der Waals surface area (Å²) in [5.74, 6) is -3.48. The van der Waals surface area contributed by atoms with Crippen LogP contribution in [0.15, 0.2) is 0 Å². The lowest BCUT2D eigenvalue weighted by atomic mass is 9.81. The lowest BCUT2D eigenvalue weighted by molar-refractivity contribution is -0.178. The second-order valence-electron chi connectivity index (χ2n) is 2.66. The molecular formula is C7H12O6. The highest BCUT2D eigenvalue weighted by molar-refractivity contribution is 5.99. The molecule has 0 amide bonds. The van der Waals surface area contributed by atoms with E-state index in [-0.39, 0.29) is 6.42 Å². The Morgan fingerprint density at radius 3 is 1.77 bits per heavy atom. The zero-order valence-electron chi connectivity index (χ0n) is 7.10. The molecule has 0 saturated heterocycles. The number of carbonyl (C=O) groups is 2. The number of rotatable bonds is 5. The van der Waals surface area contributed by atoms with Crippen LogP contribution in [0.1, 0.15) is 13.3 Å². The van der Waals surface area contributed by atoms with Crippen LogP contribution in [0.25, 0.3) is 0 Å². The van der Waals surface area contributed by atoms with Crippen molar-refractivity contribution < 1.29 is 30.0 Å². The minimum absolute atomic E-state index is 0.0564. The average Bonchev–Trinajstić information content (AvgIpc) is 2.04. The summed E-state index contributed by atoms with van der Waals surface area (Å²) in [5.41, 5.74) is -2.51. The Labute approximate surface area is 74.4 Å². The molecule has 0 aliphatic heterocycles. The van der Waals surface area contributed by atoms with E-state index in [2.05, 4.69) is 0 Å². The molecule has 0 heterocycles. The van der Waals surface area contributed by atoms with Crippen LogP contribution in [0, 0.1) is 5.41 Å². The largest absolute Gasteiger partial charge is 0.480 e. The zero-order valence-corrected chi connectivity index (χ0v) is 7.10. The molecule has 0 rings (SSSR count). The van der Waals surface area contributed by atoms with Crippen LogP contribution >= 0.6 is 0 Å². The van der Waals surface area contributed by atoms with Gasteiger partial charge in [-0.1, -0.05) is 6.92 Å². The summed E-state index contributed by atoms with van der Waals surface area (Å²) in [6.07, 6.45) is -1.66. The summed E-state index contributed by atoms with van der Waals surface area (Å²) in [5, 5.41) is 35.1. The Morgan fingerprint density at radius 1 is 1.31 bits per heavy atom. The van der Waals surface area contributed by atoms with E-state index in [1.54, 1.807) is 0 Å². The zero-order chi connectivity index (χ0) is 10.6.